The summed E-state index contributed by atoms with van der Waals surface area (Å²) in [5.41, 5.74) is 3.23. The van der Waals surface area contributed by atoms with Crippen LogP contribution in [-0.4, -0.2) is 30.9 Å². The van der Waals surface area contributed by atoms with Crippen LogP contribution in [0.3, 0.4) is 0 Å². The van der Waals surface area contributed by atoms with E-state index in [9.17, 15) is 9.90 Å². The molecule has 2 rings (SSSR count). The van der Waals surface area contributed by atoms with Crippen LogP contribution in [0.2, 0.25) is 0 Å². The van der Waals surface area contributed by atoms with Crippen molar-refractivity contribution in [2.24, 2.45) is 5.10 Å². The first-order valence-corrected chi connectivity index (χ1v) is 7.08. The van der Waals surface area contributed by atoms with Crippen LogP contribution in [0.1, 0.15) is 22.8 Å². The van der Waals surface area contributed by atoms with Gasteiger partial charge in [0.1, 0.15) is 17.2 Å². The maximum atomic E-state index is 12.0. The minimum absolute atomic E-state index is 0.112. The van der Waals surface area contributed by atoms with Crippen molar-refractivity contribution in [3.8, 4) is 17.2 Å². The molecule has 2 N–H and O–H groups in total. The van der Waals surface area contributed by atoms with Gasteiger partial charge in [0.05, 0.1) is 25.5 Å². The Morgan fingerprint density at radius 1 is 1.30 bits per heavy atom. The van der Waals surface area contributed by atoms with Gasteiger partial charge in [-0.25, -0.2) is 5.43 Å². The van der Waals surface area contributed by atoms with Crippen molar-refractivity contribution in [1.29, 1.82) is 0 Å². The molecular weight excluding hydrogens is 296 g/mol. The molecule has 0 fully saturated rings. The summed E-state index contributed by atoms with van der Waals surface area (Å²) in [4.78, 5) is 12.0. The monoisotopic (exact) mass is 314 g/mol. The van der Waals surface area contributed by atoms with Crippen LogP contribution in [0.25, 0.3) is 0 Å². The van der Waals surface area contributed by atoms with Crippen molar-refractivity contribution in [2.75, 3.05) is 13.7 Å². The van der Waals surface area contributed by atoms with E-state index in [1.165, 1.54) is 25.5 Å². The molecule has 6 heteroatoms. The number of hydrogen-bond donors (Lipinski definition) is 2. The summed E-state index contributed by atoms with van der Waals surface area (Å²) >= 11 is 0. The van der Waals surface area contributed by atoms with Gasteiger partial charge in [0.25, 0.3) is 5.91 Å². The van der Waals surface area contributed by atoms with E-state index in [4.69, 9.17) is 9.47 Å². The summed E-state index contributed by atoms with van der Waals surface area (Å²) in [6.45, 7) is 2.43. The second kappa shape index (κ2) is 7.84. The molecule has 0 saturated heterocycles. The minimum atomic E-state index is -0.518. The molecule has 6 nitrogen and oxygen atoms in total. The van der Waals surface area contributed by atoms with Crippen molar-refractivity contribution in [1.82, 2.24) is 5.43 Å². The Morgan fingerprint density at radius 3 is 2.78 bits per heavy atom. The van der Waals surface area contributed by atoms with E-state index in [1.807, 2.05) is 31.2 Å². The number of hydrazone groups is 1. The number of hydrogen-bond acceptors (Lipinski definition) is 5. The molecule has 0 radical (unpaired) electrons. The van der Waals surface area contributed by atoms with Crippen molar-refractivity contribution in [3.05, 3.63) is 53.6 Å². The van der Waals surface area contributed by atoms with E-state index in [-0.39, 0.29) is 11.3 Å². The Morgan fingerprint density at radius 2 is 2.09 bits per heavy atom. The number of rotatable bonds is 6. The third kappa shape index (κ3) is 4.23. The van der Waals surface area contributed by atoms with Gasteiger partial charge in [-0.15, -0.1) is 0 Å². The number of methoxy groups -OCH3 is 1. The molecule has 0 atom stereocenters. The third-order valence-corrected chi connectivity index (χ3v) is 3.04. The lowest BCUT2D eigenvalue weighted by molar-refractivity contribution is 0.0952. The number of benzene rings is 2. The highest BCUT2D eigenvalue weighted by molar-refractivity contribution is 5.97. The van der Waals surface area contributed by atoms with Gasteiger partial charge in [-0.3, -0.25) is 4.79 Å². The second-order valence-corrected chi connectivity index (χ2v) is 4.55. The molecule has 0 bridgehead atoms. The molecular formula is C17H18N2O4. The van der Waals surface area contributed by atoms with Crippen LogP contribution in [0.4, 0.5) is 0 Å². The zero-order valence-corrected chi connectivity index (χ0v) is 12.9. The molecule has 0 aromatic heterocycles. The smallest absolute Gasteiger partial charge is 0.275 e. The van der Waals surface area contributed by atoms with Crippen LogP contribution >= 0.6 is 0 Å². The lowest BCUT2D eigenvalue weighted by atomic mass is 10.2. The average molecular weight is 314 g/mol. The maximum Gasteiger partial charge on any atom is 0.275 e. The van der Waals surface area contributed by atoms with Gasteiger partial charge in [-0.2, -0.15) is 5.10 Å². The fourth-order valence-corrected chi connectivity index (χ4v) is 1.93. The molecule has 1 amide bonds. The van der Waals surface area contributed by atoms with Gasteiger partial charge >= 0.3 is 0 Å². The molecule has 2 aromatic carbocycles. The number of nitrogens with one attached hydrogen (secondary N) is 1. The zero-order chi connectivity index (χ0) is 16.7. The van der Waals surface area contributed by atoms with Gasteiger partial charge in [0.15, 0.2) is 0 Å². The van der Waals surface area contributed by atoms with E-state index in [2.05, 4.69) is 10.5 Å². The highest BCUT2D eigenvalue weighted by Crippen LogP contribution is 2.23. The number of nitrogens with zero attached hydrogens (tertiary/aromatic N) is 1. The molecule has 0 spiro atoms. The number of aromatic hydroxyl groups is 1. The van der Waals surface area contributed by atoms with Crippen molar-refractivity contribution < 1.29 is 19.4 Å². The summed E-state index contributed by atoms with van der Waals surface area (Å²) in [6.07, 6.45) is 1.49. The van der Waals surface area contributed by atoms with E-state index in [1.54, 1.807) is 6.07 Å². The highest BCUT2D eigenvalue weighted by atomic mass is 16.5. The van der Waals surface area contributed by atoms with Crippen LogP contribution in [0, 0.1) is 0 Å². The number of carbonyl (C=O) groups is 1. The third-order valence-electron chi connectivity index (χ3n) is 3.04. The lowest BCUT2D eigenvalue weighted by Crippen LogP contribution is -2.17. The largest absolute Gasteiger partial charge is 0.507 e. The molecule has 0 aliphatic heterocycles. The fraction of sp³-hybridized carbons (Fsp3) is 0.176. The predicted molar refractivity (Wildman–Crippen MR) is 87.3 cm³/mol. The number of phenols is 1. The summed E-state index contributed by atoms with van der Waals surface area (Å²) in [5, 5.41) is 13.7. The zero-order valence-electron chi connectivity index (χ0n) is 12.9. The summed E-state index contributed by atoms with van der Waals surface area (Å²) in [5.74, 6) is 0.454. The quantitative estimate of drug-likeness (QED) is 0.634. The number of para-hydroxylation sites is 1. The van der Waals surface area contributed by atoms with Gasteiger partial charge in [0.2, 0.25) is 0 Å². The Labute approximate surface area is 134 Å². The molecule has 0 aliphatic rings. The number of amides is 1. The van der Waals surface area contributed by atoms with Crippen LogP contribution < -0.4 is 14.9 Å². The van der Waals surface area contributed by atoms with E-state index < -0.39 is 5.91 Å². The van der Waals surface area contributed by atoms with Gasteiger partial charge in [-0.05, 0) is 31.2 Å². The number of ether oxygens (including phenoxy) is 2. The summed E-state index contributed by atoms with van der Waals surface area (Å²) in [7, 11) is 1.48. The highest BCUT2D eigenvalue weighted by Gasteiger charge is 2.11. The Kier molecular flexibility index (Phi) is 5.57. The van der Waals surface area contributed by atoms with Crippen molar-refractivity contribution in [2.45, 2.75) is 6.92 Å². The number of carbonyl (C=O) groups excluding carboxylic acids is 1. The Bertz CT molecular complexity index is 713. The first kappa shape index (κ1) is 16.4. The van der Waals surface area contributed by atoms with E-state index >= 15 is 0 Å². The van der Waals surface area contributed by atoms with Crippen LogP contribution in [0.15, 0.2) is 47.6 Å². The van der Waals surface area contributed by atoms with Crippen LogP contribution in [0.5, 0.6) is 17.2 Å². The molecule has 0 saturated carbocycles. The van der Waals surface area contributed by atoms with E-state index in [0.717, 1.165) is 5.56 Å². The fourth-order valence-electron chi connectivity index (χ4n) is 1.93. The van der Waals surface area contributed by atoms with Crippen LogP contribution in [-0.2, 0) is 0 Å². The Balaban J connectivity index is 2.07. The van der Waals surface area contributed by atoms with E-state index in [0.29, 0.717) is 18.1 Å². The molecule has 0 aliphatic carbocycles. The average Bonchev–Trinajstić information content (AvgIpc) is 2.56. The lowest BCUT2D eigenvalue weighted by Gasteiger charge is -2.07. The Hall–Kier alpha value is -3.02. The van der Waals surface area contributed by atoms with Gasteiger partial charge in [-0.1, -0.05) is 12.1 Å². The molecule has 0 heterocycles. The molecule has 23 heavy (non-hydrogen) atoms. The normalized spacial score (nSPS) is 10.5. The second-order valence-electron chi connectivity index (χ2n) is 4.55. The molecule has 0 unspecified atom stereocenters. The summed E-state index contributed by atoms with van der Waals surface area (Å²) < 4.78 is 10.4. The topological polar surface area (TPSA) is 80.2 Å². The number of phenolic OH excluding ortho intramolecular Hbond substituents is 1. The molecule has 120 valence electrons. The predicted octanol–water partition coefficient (Wildman–Crippen LogP) is 2.56. The first-order chi connectivity index (χ1) is 11.2. The van der Waals surface area contributed by atoms with Gasteiger partial charge < -0.3 is 14.6 Å². The first-order valence-electron chi connectivity index (χ1n) is 7.08. The maximum absolute atomic E-state index is 12.0. The molecule has 2 aromatic rings. The van der Waals surface area contributed by atoms with Crippen molar-refractivity contribution >= 4 is 12.1 Å². The SMILES string of the molecule is CCOc1ccccc1/C=N\NC(=O)c1ccc(OC)cc1O. The standard InChI is InChI=1S/C17H18N2O4/c1-3-23-16-7-5-4-6-12(16)11-18-19-17(21)14-9-8-13(22-2)10-15(14)20/h4-11,20H,3H2,1-2H3,(H,19,21)/b18-11-. The minimum Gasteiger partial charge on any atom is -0.507 e. The van der Waals surface area contributed by atoms with Gasteiger partial charge in [0, 0.05) is 11.6 Å². The summed E-state index contributed by atoms with van der Waals surface area (Å²) in [6, 6.07) is 11.8. The van der Waals surface area contributed by atoms with Crippen molar-refractivity contribution in [3.63, 3.8) is 0 Å².